The van der Waals surface area contributed by atoms with Crippen LogP contribution in [0.5, 0.6) is 5.75 Å². The third-order valence-corrected chi connectivity index (χ3v) is 5.74. The molecule has 1 aromatic heterocycles. The number of likely N-dealkylation sites (N-methyl/N-ethyl adjacent to an activating group) is 1. The molecule has 2 aromatic carbocycles. The van der Waals surface area contributed by atoms with Crippen molar-refractivity contribution in [2.75, 3.05) is 27.2 Å². The van der Waals surface area contributed by atoms with Gasteiger partial charge in [-0.05, 0) is 73.3 Å². The van der Waals surface area contributed by atoms with Gasteiger partial charge in [0, 0.05) is 19.0 Å². The Kier molecular flexibility index (Phi) is 5.69. The molecule has 1 saturated heterocycles. The number of rotatable bonds is 5. The number of piperidine rings is 1. The lowest BCUT2D eigenvalue weighted by atomic mass is 10.0. The number of benzene rings is 2. The molecule has 4 rings (SSSR count). The average molecular weight is 392 g/mol. The molecular formula is C24H28N2O3. The first-order valence-corrected chi connectivity index (χ1v) is 10.1. The van der Waals surface area contributed by atoms with Crippen molar-refractivity contribution < 1.29 is 9.47 Å². The van der Waals surface area contributed by atoms with Crippen molar-refractivity contribution in [1.29, 1.82) is 0 Å². The molecule has 152 valence electrons. The van der Waals surface area contributed by atoms with Crippen LogP contribution in [0.3, 0.4) is 0 Å². The maximum absolute atomic E-state index is 12.9. The van der Waals surface area contributed by atoms with E-state index in [0.29, 0.717) is 12.0 Å². The first kappa shape index (κ1) is 19.7. The van der Waals surface area contributed by atoms with Crippen LogP contribution in [-0.4, -0.2) is 42.8 Å². The van der Waals surface area contributed by atoms with E-state index in [-0.39, 0.29) is 11.7 Å². The molecule has 0 spiro atoms. The lowest BCUT2D eigenvalue weighted by molar-refractivity contribution is -0.00354. The number of pyridine rings is 1. The van der Waals surface area contributed by atoms with E-state index >= 15 is 0 Å². The van der Waals surface area contributed by atoms with Crippen molar-refractivity contribution in [2.24, 2.45) is 7.05 Å². The first-order valence-electron chi connectivity index (χ1n) is 10.1. The van der Waals surface area contributed by atoms with Crippen LogP contribution in [0.4, 0.5) is 0 Å². The predicted molar refractivity (Wildman–Crippen MR) is 116 cm³/mol. The van der Waals surface area contributed by atoms with E-state index in [1.807, 2.05) is 37.4 Å². The second-order valence-electron chi connectivity index (χ2n) is 7.88. The van der Waals surface area contributed by atoms with Gasteiger partial charge in [-0.15, -0.1) is 0 Å². The Bertz CT molecular complexity index is 1070. The summed E-state index contributed by atoms with van der Waals surface area (Å²) in [4.78, 5) is 15.2. The number of methoxy groups -OCH3 is 1. The van der Waals surface area contributed by atoms with Crippen LogP contribution < -0.4 is 10.3 Å². The van der Waals surface area contributed by atoms with Crippen molar-refractivity contribution in [1.82, 2.24) is 9.47 Å². The lowest BCUT2D eigenvalue weighted by Gasteiger charge is -2.29. The van der Waals surface area contributed by atoms with E-state index in [9.17, 15) is 4.79 Å². The van der Waals surface area contributed by atoms with Crippen LogP contribution in [-0.2, 0) is 18.4 Å². The molecule has 5 nitrogen and oxygen atoms in total. The number of ether oxygens (including phenoxy) is 2. The third kappa shape index (κ3) is 4.21. The smallest absolute Gasteiger partial charge is 0.258 e. The standard InChI is InChI=1S/C24H28N2O3/c1-25-11-5-8-21(15-25)29-16-17-6-4-7-18(12-17)23-14-19-13-20(28-3)9-10-22(19)24(27)26(23)2/h4,6-7,9-10,12-14,21H,5,8,11,15-16H2,1-3H3. The van der Waals surface area contributed by atoms with Gasteiger partial charge in [-0.2, -0.15) is 0 Å². The van der Waals surface area contributed by atoms with Crippen LogP contribution >= 0.6 is 0 Å². The molecule has 1 aliphatic rings. The van der Waals surface area contributed by atoms with E-state index in [4.69, 9.17) is 9.47 Å². The van der Waals surface area contributed by atoms with Crippen LogP contribution in [0, 0.1) is 0 Å². The zero-order chi connectivity index (χ0) is 20.4. The van der Waals surface area contributed by atoms with E-state index in [1.54, 1.807) is 11.7 Å². The van der Waals surface area contributed by atoms with Gasteiger partial charge in [0.15, 0.2) is 0 Å². The maximum Gasteiger partial charge on any atom is 0.258 e. The molecule has 1 fully saturated rings. The van der Waals surface area contributed by atoms with Gasteiger partial charge < -0.3 is 18.9 Å². The SMILES string of the molecule is COc1ccc2c(=O)n(C)c(-c3cccc(COC4CCCN(C)C4)c3)cc2c1. The summed E-state index contributed by atoms with van der Waals surface area (Å²) in [5, 5.41) is 1.58. The minimum Gasteiger partial charge on any atom is -0.497 e. The van der Waals surface area contributed by atoms with Crippen LogP contribution in [0.15, 0.2) is 53.3 Å². The van der Waals surface area contributed by atoms with Crippen molar-refractivity contribution in [2.45, 2.75) is 25.6 Å². The zero-order valence-electron chi connectivity index (χ0n) is 17.4. The molecule has 3 aromatic rings. The number of nitrogens with zero attached hydrogens (tertiary/aromatic N) is 2. The summed E-state index contributed by atoms with van der Waals surface area (Å²) in [6.07, 6.45) is 2.59. The van der Waals surface area contributed by atoms with Gasteiger partial charge in [0.2, 0.25) is 0 Å². The Morgan fingerprint density at radius 1 is 1.10 bits per heavy atom. The molecule has 29 heavy (non-hydrogen) atoms. The number of hydrogen-bond acceptors (Lipinski definition) is 4. The summed E-state index contributed by atoms with van der Waals surface area (Å²) in [6.45, 7) is 2.72. The molecule has 0 radical (unpaired) electrons. The second-order valence-corrected chi connectivity index (χ2v) is 7.88. The van der Waals surface area contributed by atoms with Crippen molar-refractivity contribution in [3.8, 4) is 17.0 Å². The molecule has 1 unspecified atom stereocenters. The normalized spacial score (nSPS) is 17.6. The van der Waals surface area contributed by atoms with E-state index in [2.05, 4.69) is 30.1 Å². The van der Waals surface area contributed by atoms with Crippen molar-refractivity contribution in [3.63, 3.8) is 0 Å². The molecule has 0 bridgehead atoms. The molecule has 2 heterocycles. The molecule has 0 aliphatic carbocycles. The molecule has 1 atom stereocenters. The minimum absolute atomic E-state index is 0.00736. The monoisotopic (exact) mass is 392 g/mol. The van der Waals surface area contributed by atoms with Gasteiger partial charge in [-0.3, -0.25) is 4.79 Å². The molecule has 0 amide bonds. The molecule has 1 aliphatic heterocycles. The Labute approximate surface area is 171 Å². The average Bonchev–Trinajstić information content (AvgIpc) is 2.74. The van der Waals surface area contributed by atoms with Gasteiger partial charge in [0.1, 0.15) is 5.75 Å². The highest BCUT2D eigenvalue weighted by Gasteiger charge is 2.17. The van der Waals surface area contributed by atoms with Gasteiger partial charge in [0.25, 0.3) is 5.56 Å². The summed E-state index contributed by atoms with van der Waals surface area (Å²) in [6, 6.07) is 15.9. The van der Waals surface area contributed by atoms with Crippen molar-refractivity contribution >= 4 is 10.8 Å². The number of aromatic nitrogens is 1. The molecule has 0 N–H and O–H groups in total. The molecule has 0 saturated carbocycles. The first-order chi connectivity index (χ1) is 14.0. The fraction of sp³-hybridized carbons (Fsp3) is 0.375. The van der Waals surface area contributed by atoms with Gasteiger partial charge in [-0.1, -0.05) is 18.2 Å². The van der Waals surface area contributed by atoms with Crippen LogP contribution in [0.25, 0.3) is 22.0 Å². The summed E-state index contributed by atoms with van der Waals surface area (Å²) in [5.74, 6) is 0.747. The maximum atomic E-state index is 12.9. The van der Waals surface area contributed by atoms with Gasteiger partial charge in [-0.25, -0.2) is 0 Å². The molecule has 5 heteroatoms. The van der Waals surface area contributed by atoms with E-state index < -0.39 is 0 Å². The summed E-state index contributed by atoms with van der Waals surface area (Å²) >= 11 is 0. The van der Waals surface area contributed by atoms with Crippen LogP contribution in [0.1, 0.15) is 18.4 Å². The summed E-state index contributed by atoms with van der Waals surface area (Å²) in [7, 11) is 5.60. The topological polar surface area (TPSA) is 43.7 Å². The predicted octanol–water partition coefficient (Wildman–Crippen LogP) is 3.82. The number of likely N-dealkylation sites (tertiary alicyclic amines) is 1. The Hall–Kier alpha value is -2.63. The van der Waals surface area contributed by atoms with Gasteiger partial charge in [0.05, 0.1) is 25.5 Å². The Balaban J connectivity index is 1.62. The second kappa shape index (κ2) is 8.39. The summed E-state index contributed by atoms with van der Waals surface area (Å²) in [5.41, 5.74) is 3.01. The minimum atomic E-state index is -0.00736. The quantitative estimate of drug-likeness (QED) is 0.662. The Morgan fingerprint density at radius 2 is 1.97 bits per heavy atom. The third-order valence-electron chi connectivity index (χ3n) is 5.74. The molecular weight excluding hydrogens is 364 g/mol. The van der Waals surface area contributed by atoms with Crippen molar-refractivity contribution in [3.05, 3.63) is 64.4 Å². The largest absolute Gasteiger partial charge is 0.497 e. The lowest BCUT2D eigenvalue weighted by Crippen LogP contribution is -2.36. The van der Waals surface area contributed by atoms with Gasteiger partial charge >= 0.3 is 0 Å². The zero-order valence-corrected chi connectivity index (χ0v) is 17.4. The highest BCUT2D eigenvalue weighted by Crippen LogP contribution is 2.25. The van der Waals surface area contributed by atoms with E-state index in [1.165, 1.54) is 6.42 Å². The fourth-order valence-corrected chi connectivity index (χ4v) is 4.08. The Morgan fingerprint density at radius 3 is 2.76 bits per heavy atom. The summed E-state index contributed by atoms with van der Waals surface area (Å²) < 4.78 is 13.2. The number of fused-ring (bicyclic) bond motifs is 1. The number of hydrogen-bond donors (Lipinski definition) is 0. The fourth-order valence-electron chi connectivity index (χ4n) is 4.08. The van der Waals surface area contributed by atoms with Crippen LogP contribution in [0.2, 0.25) is 0 Å². The highest BCUT2D eigenvalue weighted by atomic mass is 16.5. The van der Waals surface area contributed by atoms with E-state index in [0.717, 1.165) is 47.5 Å². The highest BCUT2D eigenvalue weighted by molar-refractivity contribution is 5.86.